The molecular weight excluding hydrogens is 218 g/mol. The molecular formula is C12H21N3S. The summed E-state index contributed by atoms with van der Waals surface area (Å²) in [5.74, 6) is 1.05. The van der Waals surface area contributed by atoms with E-state index in [1.807, 2.05) is 20.8 Å². The molecule has 0 radical (unpaired) electrons. The van der Waals surface area contributed by atoms with E-state index in [1.54, 1.807) is 11.8 Å². The number of hydrogen-bond acceptors (Lipinski definition) is 4. The molecule has 0 fully saturated rings. The van der Waals surface area contributed by atoms with Gasteiger partial charge in [-0.1, -0.05) is 11.8 Å². The summed E-state index contributed by atoms with van der Waals surface area (Å²) in [4.78, 5) is 8.94. The van der Waals surface area contributed by atoms with Crippen molar-refractivity contribution in [2.75, 3.05) is 5.75 Å². The fraction of sp³-hybridized carbons (Fsp3) is 0.667. The van der Waals surface area contributed by atoms with Crippen molar-refractivity contribution in [2.45, 2.75) is 51.7 Å². The van der Waals surface area contributed by atoms with Crippen LogP contribution in [0.15, 0.2) is 5.16 Å². The molecule has 4 heteroatoms. The molecule has 0 aromatic carbocycles. The van der Waals surface area contributed by atoms with Crippen LogP contribution in [0.2, 0.25) is 0 Å². The van der Waals surface area contributed by atoms with Crippen LogP contribution in [0.5, 0.6) is 0 Å². The van der Waals surface area contributed by atoms with Gasteiger partial charge in [-0.2, -0.15) is 0 Å². The van der Waals surface area contributed by atoms with Crippen molar-refractivity contribution < 1.29 is 0 Å². The maximum absolute atomic E-state index is 5.70. The number of aromatic nitrogens is 2. The molecule has 1 atom stereocenters. The van der Waals surface area contributed by atoms with Crippen LogP contribution in [0.3, 0.4) is 0 Å². The second-order valence-corrected chi connectivity index (χ2v) is 5.33. The Bertz CT molecular complexity index is 327. The second-order valence-electron chi connectivity index (χ2n) is 4.27. The summed E-state index contributed by atoms with van der Waals surface area (Å²) >= 11 is 1.72. The Morgan fingerprint density at radius 2 is 1.75 bits per heavy atom. The maximum Gasteiger partial charge on any atom is 0.187 e. The highest BCUT2D eigenvalue weighted by atomic mass is 32.2. The van der Waals surface area contributed by atoms with Gasteiger partial charge in [0.05, 0.1) is 0 Å². The minimum atomic E-state index is 0.294. The Labute approximate surface area is 102 Å². The molecule has 0 saturated carbocycles. The number of nitrogens with zero attached hydrogens (tertiary/aromatic N) is 2. The summed E-state index contributed by atoms with van der Waals surface area (Å²) in [6.07, 6.45) is 2.19. The lowest BCUT2D eigenvalue weighted by atomic mass is 10.2. The fourth-order valence-corrected chi connectivity index (χ4v) is 2.27. The molecule has 0 amide bonds. The van der Waals surface area contributed by atoms with Gasteiger partial charge in [0, 0.05) is 23.2 Å². The van der Waals surface area contributed by atoms with E-state index >= 15 is 0 Å². The number of hydrogen-bond donors (Lipinski definition) is 1. The average molecular weight is 239 g/mol. The molecule has 0 saturated heterocycles. The van der Waals surface area contributed by atoms with Crippen molar-refractivity contribution in [1.82, 2.24) is 9.97 Å². The molecule has 1 rings (SSSR count). The van der Waals surface area contributed by atoms with E-state index in [1.165, 1.54) is 5.56 Å². The van der Waals surface area contributed by atoms with Crippen molar-refractivity contribution in [3.05, 3.63) is 17.0 Å². The van der Waals surface area contributed by atoms with Crippen LogP contribution >= 0.6 is 11.8 Å². The fourth-order valence-electron chi connectivity index (χ4n) is 1.37. The number of thioether (sulfide) groups is 1. The lowest BCUT2D eigenvalue weighted by molar-refractivity contribution is 0.656. The average Bonchev–Trinajstić information content (AvgIpc) is 2.20. The van der Waals surface area contributed by atoms with Gasteiger partial charge in [-0.05, 0) is 46.1 Å². The topological polar surface area (TPSA) is 51.8 Å². The molecule has 0 aliphatic heterocycles. The normalized spacial score (nSPS) is 12.8. The van der Waals surface area contributed by atoms with Crippen LogP contribution in [0.4, 0.5) is 0 Å². The molecule has 1 aromatic heterocycles. The SMILES string of the molecule is Cc1nc(SCCCC(C)N)nc(C)c1C. The zero-order valence-corrected chi connectivity index (χ0v) is 11.4. The van der Waals surface area contributed by atoms with E-state index in [0.717, 1.165) is 35.1 Å². The third-order valence-corrected chi connectivity index (χ3v) is 3.58. The predicted molar refractivity (Wildman–Crippen MR) is 69.9 cm³/mol. The van der Waals surface area contributed by atoms with Gasteiger partial charge in [-0.15, -0.1) is 0 Å². The molecule has 1 heterocycles. The highest BCUT2D eigenvalue weighted by Crippen LogP contribution is 2.18. The van der Waals surface area contributed by atoms with Crippen molar-refractivity contribution >= 4 is 11.8 Å². The molecule has 0 aliphatic carbocycles. The van der Waals surface area contributed by atoms with Gasteiger partial charge in [0.15, 0.2) is 5.16 Å². The Morgan fingerprint density at radius 3 is 2.25 bits per heavy atom. The minimum absolute atomic E-state index is 0.294. The number of rotatable bonds is 5. The monoisotopic (exact) mass is 239 g/mol. The number of nitrogens with two attached hydrogens (primary N) is 1. The van der Waals surface area contributed by atoms with Crippen LogP contribution in [-0.4, -0.2) is 21.8 Å². The van der Waals surface area contributed by atoms with E-state index in [9.17, 15) is 0 Å². The zero-order chi connectivity index (χ0) is 12.1. The summed E-state index contributed by atoms with van der Waals surface area (Å²) in [7, 11) is 0. The summed E-state index contributed by atoms with van der Waals surface area (Å²) < 4.78 is 0. The molecule has 3 nitrogen and oxygen atoms in total. The zero-order valence-electron chi connectivity index (χ0n) is 10.6. The van der Waals surface area contributed by atoms with Crippen LogP contribution in [0.25, 0.3) is 0 Å². The first-order chi connectivity index (χ1) is 7.50. The van der Waals surface area contributed by atoms with Crippen LogP contribution < -0.4 is 5.73 Å². The highest BCUT2D eigenvalue weighted by Gasteiger charge is 2.05. The van der Waals surface area contributed by atoms with Crippen LogP contribution in [0.1, 0.15) is 36.7 Å². The molecule has 2 N–H and O–H groups in total. The first kappa shape index (κ1) is 13.5. The minimum Gasteiger partial charge on any atom is -0.328 e. The Balaban J connectivity index is 2.49. The van der Waals surface area contributed by atoms with Gasteiger partial charge >= 0.3 is 0 Å². The lowest BCUT2D eigenvalue weighted by Gasteiger charge is -2.07. The van der Waals surface area contributed by atoms with Crippen molar-refractivity contribution in [3.63, 3.8) is 0 Å². The molecule has 90 valence electrons. The predicted octanol–water partition coefficient (Wildman–Crippen LogP) is 2.62. The van der Waals surface area contributed by atoms with Gasteiger partial charge < -0.3 is 5.73 Å². The quantitative estimate of drug-likeness (QED) is 0.487. The Hall–Kier alpha value is -0.610. The third kappa shape index (κ3) is 4.10. The lowest BCUT2D eigenvalue weighted by Crippen LogP contribution is -2.14. The molecule has 16 heavy (non-hydrogen) atoms. The molecule has 0 spiro atoms. The van der Waals surface area contributed by atoms with Gasteiger partial charge in [-0.3, -0.25) is 0 Å². The van der Waals surface area contributed by atoms with E-state index in [0.29, 0.717) is 6.04 Å². The summed E-state index contributed by atoms with van der Waals surface area (Å²) in [6, 6.07) is 0.294. The largest absolute Gasteiger partial charge is 0.328 e. The molecule has 0 aliphatic rings. The third-order valence-electron chi connectivity index (χ3n) is 2.65. The van der Waals surface area contributed by atoms with Gasteiger partial charge in [0.1, 0.15) is 0 Å². The van der Waals surface area contributed by atoms with Crippen molar-refractivity contribution in [2.24, 2.45) is 5.73 Å². The van der Waals surface area contributed by atoms with Gasteiger partial charge in [0.25, 0.3) is 0 Å². The summed E-state index contributed by atoms with van der Waals surface area (Å²) in [5.41, 5.74) is 9.06. The maximum atomic E-state index is 5.70. The second kappa shape index (κ2) is 6.21. The summed E-state index contributed by atoms with van der Waals surface area (Å²) in [5, 5.41) is 0.894. The smallest absolute Gasteiger partial charge is 0.187 e. The van der Waals surface area contributed by atoms with E-state index in [4.69, 9.17) is 5.73 Å². The van der Waals surface area contributed by atoms with Gasteiger partial charge in [0.2, 0.25) is 0 Å². The standard InChI is InChI=1S/C12H21N3S/c1-8(13)6-5-7-16-12-14-10(3)9(2)11(4)15-12/h8H,5-7,13H2,1-4H3. The van der Waals surface area contributed by atoms with Gasteiger partial charge in [-0.25, -0.2) is 9.97 Å². The highest BCUT2D eigenvalue weighted by molar-refractivity contribution is 7.99. The first-order valence-corrected chi connectivity index (χ1v) is 6.69. The van der Waals surface area contributed by atoms with Crippen LogP contribution in [0, 0.1) is 20.8 Å². The van der Waals surface area contributed by atoms with E-state index < -0.39 is 0 Å². The summed E-state index contributed by atoms with van der Waals surface area (Å²) in [6.45, 7) is 8.18. The van der Waals surface area contributed by atoms with E-state index in [2.05, 4.69) is 16.9 Å². The first-order valence-electron chi connectivity index (χ1n) is 5.71. The Morgan fingerprint density at radius 1 is 1.19 bits per heavy atom. The van der Waals surface area contributed by atoms with Crippen LogP contribution in [-0.2, 0) is 0 Å². The van der Waals surface area contributed by atoms with Crippen molar-refractivity contribution in [3.8, 4) is 0 Å². The van der Waals surface area contributed by atoms with E-state index in [-0.39, 0.29) is 0 Å². The van der Waals surface area contributed by atoms with Crippen molar-refractivity contribution in [1.29, 1.82) is 0 Å². The Kier molecular flexibility index (Phi) is 5.22. The molecule has 1 unspecified atom stereocenters. The number of aryl methyl sites for hydroxylation is 2. The molecule has 1 aromatic rings. The molecule has 0 bridgehead atoms.